The van der Waals surface area contributed by atoms with Gasteiger partial charge in [-0.05, 0) is 44.0 Å². The minimum Gasteiger partial charge on any atom is -0.448 e. The molecule has 0 radical (unpaired) electrons. The molecule has 2 fully saturated rings. The van der Waals surface area contributed by atoms with Crippen LogP contribution in [0.1, 0.15) is 18.5 Å². The van der Waals surface area contributed by atoms with E-state index in [1.807, 2.05) is 25.1 Å². The molecule has 1 aromatic carbocycles. The number of amides is 2. The molecule has 29 heavy (non-hydrogen) atoms. The van der Waals surface area contributed by atoms with Gasteiger partial charge in [0.05, 0.1) is 6.54 Å². The van der Waals surface area contributed by atoms with Gasteiger partial charge in [0.25, 0.3) is 0 Å². The van der Waals surface area contributed by atoms with Crippen LogP contribution in [-0.2, 0) is 9.53 Å². The molecule has 2 aliphatic rings. The summed E-state index contributed by atoms with van der Waals surface area (Å²) in [6.45, 7) is 4.69. The molecule has 2 amide bonds. The van der Waals surface area contributed by atoms with Crippen LogP contribution in [0.25, 0.3) is 0 Å². The summed E-state index contributed by atoms with van der Waals surface area (Å²) < 4.78 is 4.82. The van der Waals surface area contributed by atoms with Crippen LogP contribution in [-0.4, -0.2) is 59.7 Å². The molecular formula is C20H24N6O3. The van der Waals surface area contributed by atoms with E-state index in [4.69, 9.17) is 4.74 Å². The Morgan fingerprint density at radius 2 is 1.83 bits per heavy atom. The van der Waals surface area contributed by atoms with Crippen molar-refractivity contribution in [3.63, 3.8) is 0 Å². The quantitative estimate of drug-likeness (QED) is 0.774. The van der Waals surface area contributed by atoms with E-state index in [9.17, 15) is 9.59 Å². The lowest BCUT2D eigenvalue weighted by atomic mass is 10.2. The van der Waals surface area contributed by atoms with E-state index in [0.717, 1.165) is 36.2 Å². The van der Waals surface area contributed by atoms with Gasteiger partial charge in [0, 0.05) is 36.2 Å². The van der Waals surface area contributed by atoms with Crippen molar-refractivity contribution in [2.24, 2.45) is 0 Å². The Labute approximate surface area is 169 Å². The molecule has 152 valence electrons. The highest BCUT2D eigenvalue weighted by Crippen LogP contribution is 2.22. The van der Waals surface area contributed by atoms with Crippen LogP contribution >= 0.6 is 0 Å². The highest BCUT2D eigenvalue weighted by molar-refractivity contribution is 5.94. The third-order valence-corrected chi connectivity index (χ3v) is 4.85. The number of anilines is 4. The number of carbonyl (C=O) groups is 2. The molecule has 2 saturated heterocycles. The SMILES string of the molecule is Cc1cc(Nc2ccc(NC(=O)CN3CCOC3=O)cc2)nc(N2CCCC2)n1. The van der Waals surface area contributed by atoms with Crippen molar-refractivity contribution in [2.75, 3.05) is 48.3 Å². The van der Waals surface area contributed by atoms with Crippen LogP contribution in [0.2, 0.25) is 0 Å². The molecule has 3 heterocycles. The number of hydrogen-bond donors (Lipinski definition) is 2. The second-order valence-corrected chi connectivity index (χ2v) is 7.18. The Morgan fingerprint density at radius 3 is 2.52 bits per heavy atom. The Hall–Kier alpha value is -3.36. The van der Waals surface area contributed by atoms with Gasteiger partial charge in [-0.1, -0.05) is 0 Å². The summed E-state index contributed by atoms with van der Waals surface area (Å²) in [5, 5.41) is 6.08. The van der Waals surface area contributed by atoms with Gasteiger partial charge in [0.2, 0.25) is 11.9 Å². The van der Waals surface area contributed by atoms with Gasteiger partial charge in [-0.15, -0.1) is 0 Å². The van der Waals surface area contributed by atoms with Crippen molar-refractivity contribution in [3.8, 4) is 0 Å². The second kappa shape index (κ2) is 8.34. The number of aryl methyl sites for hydroxylation is 1. The topological polar surface area (TPSA) is 99.7 Å². The van der Waals surface area contributed by atoms with Crippen molar-refractivity contribution >= 4 is 35.1 Å². The fraction of sp³-hybridized carbons (Fsp3) is 0.400. The summed E-state index contributed by atoms with van der Waals surface area (Å²) in [6.07, 6.45) is 1.89. The number of nitrogens with zero attached hydrogens (tertiary/aromatic N) is 4. The molecule has 2 aromatic rings. The van der Waals surface area contributed by atoms with E-state index in [0.29, 0.717) is 18.8 Å². The van der Waals surface area contributed by atoms with Crippen molar-refractivity contribution in [1.29, 1.82) is 0 Å². The average Bonchev–Trinajstić information content (AvgIpc) is 3.35. The Balaban J connectivity index is 1.37. The normalized spacial score (nSPS) is 16.1. The first-order valence-corrected chi connectivity index (χ1v) is 9.76. The summed E-state index contributed by atoms with van der Waals surface area (Å²) in [5.74, 6) is 1.24. The number of rotatable bonds is 6. The van der Waals surface area contributed by atoms with E-state index < -0.39 is 6.09 Å². The lowest BCUT2D eigenvalue weighted by Gasteiger charge is -2.17. The lowest BCUT2D eigenvalue weighted by molar-refractivity contribution is -0.116. The minimum atomic E-state index is -0.451. The fourth-order valence-corrected chi connectivity index (χ4v) is 3.40. The van der Waals surface area contributed by atoms with Crippen LogP contribution in [0, 0.1) is 6.92 Å². The molecule has 0 saturated carbocycles. The first-order valence-electron chi connectivity index (χ1n) is 9.76. The molecule has 0 bridgehead atoms. The van der Waals surface area contributed by atoms with Crippen molar-refractivity contribution < 1.29 is 14.3 Å². The average molecular weight is 396 g/mol. The number of aromatic nitrogens is 2. The fourth-order valence-electron chi connectivity index (χ4n) is 3.40. The van der Waals surface area contributed by atoms with Gasteiger partial charge in [-0.2, -0.15) is 4.98 Å². The van der Waals surface area contributed by atoms with Gasteiger partial charge in [-0.25, -0.2) is 9.78 Å². The van der Waals surface area contributed by atoms with Crippen LogP contribution in [0.4, 0.5) is 27.9 Å². The van der Waals surface area contributed by atoms with E-state index >= 15 is 0 Å². The van der Waals surface area contributed by atoms with Crippen LogP contribution in [0.5, 0.6) is 0 Å². The van der Waals surface area contributed by atoms with Gasteiger partial charge in [0.15, 0.2) is 0 Å². The van der Waals surface area contributed by atoms with E-state index in [2.05, 4.69) is 25.5 Å². The van der Waals surface area contributed by atoms with Gasteiger partial charge in [-0.3, -0.25) is 9.69 Å². The lowest BCUT2D eigenvalue weighted by Crippen LogP contribution is -2.33. The molecule has 0 unspecified atom stereocenters. The van der Waals surface area contributed by atoms with E-state index in [1.54, 1.807) is 12.1 Å². The zero-order valence-corrected chi connectivity index (χ0v) is 16.4. The summed E-state index contributed by atoms with van der Waals surface area (Å²) in [5.41, 5.74) is 2.43. The molecule has 0 aliphatic carbocycles. The zero-order chi connectivity index (χ0) is 20.2. The van der Waals surface area contributed by atoms with Crippen molar-refractivity contribution in [3.05, 3.63) is 36.0 Å². The maximum Gasteiger partial charge on any atom is 0.410 e. The molecule has 2 aliphatic heterocycles. The van der Waals surface area contributed by atoms with Crippen molar-refractivity contribution in [2.45, 2.75) is 19.8 Å². The number of cyclic esters (lactones) is 1. The highest BCUT2D eigenvalue weighted by atomic mass is 16.6. The van der Waals surface area contributed by atoms with Crippen molar-refractivity contribution in [1.82, 2.24) is 14.9 Å². The molecular weight excluding hydrogens is 372 g/mol. The predicted octanol–water partition coefficient (Wildman–Crippen LogP) is 2.52. The maximum absolute atomic E-state index is 12.1. The van der Waals surface area contributed by atoms with E-state index in [-0.39, 0.29) is 12.5 Å². The monoisotopic (exact) mass is 396 g/mol. The van der Waals surface area contributed by atoms with Crippen LogP contribution < -0.4 is 15.5 Å². The Kier molecular flexibility index (Phi) is 5.46. The van der Waals surface area contributed by atoms with Gasteiger partial charge < -0.3 is 20.3 Å². The molecule has 9 heteroatoms. The Bertz CT molecular complexity index is 896. The minimum absolute atomic E-state index is 0.0156. The number of benzene rings is 1. The number of nitrogens with one attached hydrogen (secondary N) is 2. The maximum atomic E-state index is 12.1. The molecule has 0 spiro atoms. The summed E-state index contributed by atoms with van der Waals surface area (Å²) in [7, 11) is 0. The highest BCUT2D eigenvalue weighted by Gasteiger charge is 2.24. The first kappa shape index (κ1) is 19.0. The predicted molar refractivity (Wildman–Crippen MR) is 109 cm³/mol. The molecule has 1 aromatic heterocycles. The standard InChI is InChI=1S/C20H24N6O3/c1-14-12-17(24-19(21-14)25-8-2-3-9-25)22-15-4-6-16(7-5-15)23-18(27)13-26-10-11-29-20(26)28/h4-7,12H,2-3,8-11,13H2,1H3,(H,23,27)(H,21,22,24). The zero-order valence-electron chi connectivity index (χ0n) is 16.4. The number of carbonyl (C=O) groups excluding carboxylic acids is 2. The third kappa shape index (κ3) is 4.74. The van der Waals surface area contributed by atoms with Crippen LogP contribution in [0.15, 0.2) is 30.3 Å². The molecule has 4 rings (SSSR count). The number of ether oxygens (including phenoxy) is 1. The molecule has 2 N–H and O–H groups in total. The smallest absolute Gasteiger partial charge is 0.410 e. The first-order chi connectivity index (χ1) is 14.1. The van der Waals surface area contributed by atoms with Gasteiger partial charge in [0.1, 0.15) is 19.0 Å². The Morgan fingerprint density at radius 1 is 1.10 bits per heavy atom. The van der Waals surface area contributed by atoms with E-state index in [1.165, 1.54) is 17.7 Å². The second-order valence-electron chi connectivity index (χ2n) is 7.18. The van der Waals surface area contributed by atoms with Gasteiger partial charge >= 0.3 is 6.09 Å². The largest absolute Gasteiger partial charge is 0.448 e. The number of hydrogen-bond acceptors (Lipinski definition) is 7. The summed E-state index contributed by atoms with van der Waals surface area (Å²) >= 11 is 0. The molecule has 0 atom stereocenters. The summed E-state index contributed by atoms with van der Waals surface area (Å²) in [4.78, 5) is 36.3. The summed E-state index contributed by atoms with van der Waals surface area (Å²) in [6, 6.07) is 9.25. The van der Waals surface area contributed by atoms with Crippen LogP contribution in [0.3, 0.4) is 0 Å². The molecule has 9 nitrogen and oxygen atoms in total. The third-order valence-electron chi connectivity index (χ3n) is 4.85.